The van der Waals surface area contributed by atoms with Crippen LogP contribution in [0.15, 0.2) is 36.4 Å². The fourth-order valence-corrected chi connectivity index (χ4v) is 1.81. The van der Waals surface area contributed by atoms with Crippen molar-refractivity contribution >= 4 is 29.0 Å². The number of hydrogen-bond donors (Lipinski definition) is 0. The predicted octanol–water partition coefficient (Wildman–Crippen LogP) is 4.50. The van der Waals surface area contributed by atoms with Crippen LogP contribution >= 0.6 is 23.2 Å². The molecule has 0 amide bonds. The van der Waals surface area contributed by atoms with Crippen molar-refractivity contribution in [2.75, 3.05) is 0 Å². The summed E-state index contributed by atoms with van der Waals surface area (Å²) in [6, 6.07) is 7.17. The standard InChI is InChI=1S/C13H6Cl2F2O/c14-7-1-3-9(11(16)5-7)13(18)10-4-2-8(15)6-12(10)17/h1-6H. The average Bonchev–Trinajstić information content (AvgIpc) is 2.28. The van der Waals surface area contributed by atoms with Gasteiger partial charge in [-0.15, -0.1) is 0 Å². The number of halogens is 4. The normalized spacial score (nSPS) is 10.4. The summed E-state index contributed by atoms with van der Waals surface area (Å²) in [4.78, 5) is 11.9. The average molecular weight is 287 g/mol. The van der Waals surface area contributed by atoms with Crippen LogP contribution in [0, 0.1) is 11.6 Å². The van der Waals surface area contributed by atoms with E-state index in [-0.39, 0.29) is 21.2 Å². The van der Waals surface area contributed by atoms with Gasteiger partial charge in [0.05, 0.1) is 11.1 Å². The minimum absolute atomic E-state index is 0.167. The molecule has 1 nitrogen and oxygen atoms in total. The van der Waals surface area contributed by atoms with E-state index in [4.69, 9.17) is 23.2 Å². The third kappa shape index (κ3) is 2.52. The zero-order chi connectivity index (χ0) is 13.3. The molecule has 18 heavy (non-hydrogen) atoms. The highest BCUT2D eigenvalue weighted by molar-refractivity contribution is 6.31. The lowest BCUT2D eigenvalue weighted by atomic mass is 10.0. The molecule has 5 heteroatoms. The van der Waals surface area contributed by atoms with Gasteiger partial charge < -0.3 is 0 Å². The van der Waals surface area contributed by atoms with E-state index in [1.54, 1.807) is 0 Å². The fourth-order valence-electron chi connectivity index (χ4n) is 1.49. The Morgan fingerprint density at radius 1 is 0.833 bits per heavy atom. The highest BCUT2D eigenvalue weighted by atomic mass is 35.5. The first kappa shape index (κ1) is 13.0. The van der Waals surface area contributed by atoms with Gasteiger partial charge in [0, 0.05) is 10.0 Å². The molecule has 2 aromatic rings. The zero-order valence-corrected chi connectivity index (χ0v) is 10.4. The Kier molecular flexibility index (Phi) is 3.64. The number of ketones is 1. The Bertz CT molecular complexity index is 573. The smallest absolute Gasteiger partial charge is 0.198 e. The van der Waals surface area contributed by atoms with Crippen molar-refractivity contribution in [2.45, 2.75) is 0 Å². The molecule has 0 fully saturated rings. The molecule has 0 heterocycles. The first-order valence-electron chi connectivity index (χ1n) is 4.94. The molecule has 0 bridgehead atoms. The van der Waals surface area contributed by atoms with E-state index in [1.807, 2.05) is 0 Å². The minimum Gasteiger partial charge on any atom is -0.288 e. The van der Waals surface area contributed by atoms with Gasteiger partial charge in [0.2, 0.25) is 0 Å². The van der Waals surface area contributed by atoms with Crippen molar-refractivity contribution in [1.82, 2.24) is 0 Å². The second-order valence-corrected chi connectivity index (χ2v) is 4.45. The Hall–Kier alpha value is -1.45. The van der Waals surface area contributed by atoms with Gasteiger partial charge in [0.15, 0.2) is 5.78 Å². The molecule has 92 valence electrons. The van der Waals surface area contributed by atoms with E-state index in [9.17, 15) is 13.6 Å². The number of carbonyl (C=O) groups excluding carboxylic acids is 1. The van der Waals surface area contributed by atoms with Crippen LogP contribution in [0.2, 0.25) is 10.0 Å². The highest BCUT2D eigenvalue weighted by Crippen LogP contribution is 2.21. The third-order valence-electron chi connectivity index (χ3n) is 2.35. The van der Waals surface area contributed by atoms with Crippen molar-refractivity contribution < 1.29 is 13.6 Å². The first-order chi connectivity index (χ1) is 8.49. The molecule has 0 saturated heterocycles. The van der Waals surface area contributed by atoms with Crippen LogP contribution in [-0.4, -0.2) is 5.78 Å². The van der Waals surface area contributed by atoms with Gasteiger partial charge in [-0.25, -0.2) is 8.78 Å². The molecule has 0 aliphatic rings. The lowest BCUT2D eigenvalue weighted by Crippen LogP contribution is -2.06. The van der Waals surface area contributed by atoms with Crippen LogP contribution in [0.25, 0.3) is 0 Å². The number of rotatable bonds is 2. The van der Waals surface area contributed by atoms with E-state index in [0.29, 0.717) is 0 Å². The molecule has 2 rings (SSSR count). The fraction of sp³-hybridized carbons (Fsp3) is 0. The highest BCUT2D eigenvalue weighted by Gasteiger charge is 2.17. The van der Waals surface area contributed by atoms with E-state index in [0.717, 1.165) is 12.1 Å². The van der Waals surface area contributed by atoms with Gasteiger partial charge in [-0.2, -0.15) is 0 Å². The van der Waals surface area contributed by atoms with E-state index >= 15 is 0 Å². The Morgan fingerprint density at radius 3 is 1.56 bits per heavy atom. The number of carbonyl (C=O) groups is 1. The maximum Gasteiger partial charge on any atom is 0.198 e. The van der Waals surface area contributed by atoms with E-state index in [2.05, 4.69) is 0 Å². The molecule has 2 aromatic carbocycles. The van der Waals surface area contributed by atoms with Crippen molar-refractivity contribution in [3.8, 4) is 0 Å². The summed E-state index contributed by atoms with van der Waals surface area (Å²) in [7, 11) is 0. The van der Waals surface area contributed by atoms with Gasteiger partial charge >= 0.3 is 0 Å². The van der Waals surface area contributed by atoms with Crippen molar-refractivity contribution in [3.63, 3.8) is 0 Å². The summed E-state index contributed by atoms with van der Waals surface area (Å²) in [6.07, 6.45) is 0. The van der Waals surface area contributed by atoms with E-state index < -0.39 is 17.4 Å². The second kappa shape index (κ2) is 5.04. The third-order valence-corrected chi connectivity index (χ3v) is 2.82. The maximum absolute atomic E-state index is 13.5. The first-order valence-corrected chi connectivity index (χ1v) is 5.69. The number of hydrogen-bond acceptors (Lipinski definition) is 1. The van der Waals surface area contributed by atoms with E-state index in [1.165, 1.54) is 24.3 Å². The minimum atomic E-state index is -0.790. The van der Waals surface area contributed by atoms with Gasteiger partial charge in [0.25, 0.3) is 0 Å². The molecule has 0 aliphatic carbocycles. The molecule has 0 atom stereocenters. The second-order valence-electron chi connectivity index (χ2n) is 3.58. The van der Waals surface area contributed by atoms with Crippen molar-refractivity contribution in [2.24, 2.45) is 0 Å². The lowest BCUT2D eigenvalue weighted by Gasteiger charge is -2.04. The maximum atomic E-state index is 13.5. The van der Waals surface area contributed by atoms with Gasteiger partial charge in [0.1, 0.15) is 11.6 Å². The Balaban J connectivity index is 2.48. The molecule has 0 spiro atoms. The zero-order valence-electron chi connectivity index (χ0n) is 8.88. The topological polar surface area (TPSA) is 17.1 Å². The van der Waals surface area contributed by atoms with Gasteiger partial charge in [-0.3, -0.25) is 4.79 Å². The molecular formula is C13H6Cl2F2O. The van der Waals surface area contributed by atoms with Crippen LogP contribution in [0.3, 0.4) is 0 Å². The summed E-state index contributed by atoms with van der Waals surface area (Å²) < 4.78 is 27.1. The Labute approximate surface area is 112 Å². The quantitative estimate of drug-likeness (QED) is 0.743. The van der Waals surface area contributed by atoms with Gasteiger partial charge in [-0.1, -0.05) is 23.2 Å². The van der Waals surface area contributed by atoms with Crippen LogP contribution in [-0.2, 0) is 0 Å². The molecule has 0 aliphatic heterocycles. The SMILES string of the molecule is O=C(c1ccc(Cl)cc1F)c1ccc(Cl)cc1F. The number of benzene rings is 2. The van der Waals surface area contributed by atoms with Crippen LogP contribution in [0.1, 0.15) is 15.9 Å². The van der Waals surface area contributed by atoms with Crippen LogP contribution in [0.4, 0.5) is 8.78 Å². The summed E-state index contributed by atoms with van der Waals surface area (Å²) in [6.45, 7) is 0. The molecule has 0 saturated carbocycles. The molecular weight excluding hydrogens is 281 g/mol. The summed E-state index contributed by atoms with van der Waals surface area (Å²) in [5.74, 6) is -2.33. The van der Waals surface area contributed by atoms with Crippen LogP contribution < -0.4 is 0 Å². The van der Waals surface area contributed by atoms with Crippen molar-refractivity contribution in [1.29, 1.82) is 0 Å². The largest absolute Gasteiger partial charge is 0.288 e. The van der Waals surface area contributed by atoms with Crippen LogP contribution in [0.5, 0.6) is 0 Å². The summed E-state index contributed by atoms with van der Waals surface area (Å²) in [5, 5.41) is 0.334. The lowest BCUT2D eigenvalue weighted by molar-refractivity contribution is 0.103. The molecule has 0 N–H and O–H groups in total. The van der Waals surface area contributed by atoms with Crippen molar-refractivity contribution in [3.05, 3.63) is 69.2 Å². The van der Waals surface area contributed by atoms with Gasteiger partial charge in [-0.05, 0) is 36.4 Å². The molecule has 0 radical (unpaired) electrons. The molecule has 0 aromatic heterocycles. The Morgan fingerprint density at radius 2 is 1.22 bits per heavy atom. The predicted molar refractivity (Wildman–Crippen MR) is 66.3 cm³/mol. The monoisotopic (exact) mass is 286 g/mol. The summed E-state index contributed by atoms with van der Waals surface area (Å²) in [5.41, 5.74) is -0.471. The molecule has 0 unspecified atom stereocenters. The summed E-state index contributed by atoms with van der Waals surface area (Å²) >= 11 is 11.2.